The summed E-state index contributed by atoms with van der Waals surface area (Å²) in [4.78, 5) is 12.7. The van der Waals surface area contributed by atoms with Gasteiger partial charge in [-0.25, -0.2) is 4.68 Å². The minimum absolute atomic E-state index is 0.148. The topological polar surface area (TPSA) is 72.9 Å². The van der Waals surface area contributed by atoms with E-state index in [0.29, 0.717) is 5.82 Å². The molecule has 0 spiro atoms. The number of anilines is 1. The van der Waals surface area contributed by atoms with Gasteiger partial charge in [-0.15, -0.1) is 0 Å². The molecule has 3 N–H and O–H groups in total. The van der Waals surface area contributed by atoms with Crippen LogP contribution in [0.5, 0.6) is 0 Å². The average Bonchev–Trinajstić information content (AvgIpc) is 2.88. The van der Waals surface area contributed by atoms with Crippen LogP contribution in [0.25, 0.3) is 0 Å². The minimum atomic E-state index is -0.656. The highest BCUT2D eigenvalue weighted by atomic mass is 32.1. The van der Waals surface area contributed by atoms with Gasteiger partial charge in [0.1, 0.15) is 11.7 Å². The van der Waals surface area contributed by atoms with Gasteiger partial charge in [0.2, 0.25) is 5.91 Å². The van der Waals surface area contributed by atoms with Crippen LogP contribution < -0.4 is 11.1 Å². The lowest BCUT2D eigenvalue weighted by Crippen LogP contribution is -2.32. The van der Waals surface area contributed by atoms with Gasteiger partial charge in [0, 0.05) is 12.1 Å². The molecule has 21 heavy (non-hydrogen) atoms. The first kappa shape index (κ1) is 15.2. The number of nitrogens with zero attached hydrogens (tertiary/aromatic N) is 2. The summed E-state index contributed by atoms with van der Waals surface area (Å²) in [6, 6.07) is 11.2. The van der Waals surface area contributed by atoms with Crippen LogP contribution in [0.2, 0.25) is 0 Å². The number of amides is 1. The molecular formula is C15H18N4OS. The van der Waals surface area contributed by atoms with Gasteiger partial charge in [-0.3, -0.25) is 4.79 Å². The van der Waals surface area contributed by atoms with E-state index >= 15 is 0 Å². The third-order valence-corrected chi connectivity index (χ3v) is 3.33. The van der Waals surface area contributed by atoms with Crippen molar-refractivity contribution >= 4 is 28.9 Å². The largest absolute Gasteiger partial charge is 0.392 e. The zero-order chi connectivity index (χ0) is 15.4. The maximum atomic E-state index is 12.5. The van der Waals surface area contributed by atoms with Gasteiger partial charge in [-0.2, -0.15) is 5.10 Å². The number of aromatic nitrogens is 2. The van der Waals surface area contributed by atoms with Crippen LogP contribution in [0.3, 0.4) is 0 Å². The first-order valence-corrected chi connectivity index (χ1v) is 7.10. The molecule has 0 bridgehead atoms. The molecule has 1 aromatic carbocycles. The Bertz CT molecular complexity index is 636. The molecule has 0 aliphatic heterocycles. The summed E-state index contributed by atoms with van der Waals surface area (Å²) in [7, 11) is 0. The average molecular weight is 302 g/mol. The standard InChI is InChI=1S/C15H18N4OS/c1-10(2)19-12(8-9-17-19)18-15(20)13(14(16)21)11-6-4-3-5-7-11/h3-10,13H,1-2H3,(H2,16,21)(H,18,20). The molecular weight excluding hydrogens is 284 g/mol. The van der Waals surface area contributed by atoms with Crippen molar-refractivity contribution < 1.29 is 4.79 Å². The number of benzene rings is 1. The molecule has 2 aromatic rings. The molecule has 0 saturated heterocycles. The number of hydrogen-bond donors (Lipinski definition) is 2. The van der Waals surface area contributed by atoms with E-state index in [-0.39, 0.29) is 16.9 Å². The lowest BCUT2D eigenvalue weighted by atomic mass is 9.98. The van der Waals surface area contributed by atoms with E-state index in [1.165, 1.54) is 0 Å². The number of thiocarbonyl (C=S) groups is 1. The summed E-state index contributed by atoms with van der Waals surface area (Å²) in [5.74, 6) is -0.278. The van der Waals surface area contributed by atoms with Crippen molar-refractivity contribution in [2.75, 3.05) is 5.32 Å². The molecule has 1 aromatic heterocycles. The van der Waals surface area contributed by atoms with Crippen LogP contribution in [0.4, 0.5) is 5.82 Å². The van der Waals surface area contributed by atoms with Gasteiger partial charge in [-0.1, -0.05) is 42.5 Å². The predicted molar refractivity (Wildman–Crippen MR) is 87.2 cm³/mol. The van der Waals surface area contributed by atoms with Crippen LogP contribution in [0.15, 0.2) is 42.6 Å². The van der Waals surface area contributed by atoms with Crippen molar-refractivity contribution in [2.45, 2.75) is 25.8 Å². The van der Waals surface area contributed by atoms with E-state index < -0.39 is 5.92 Å². The van der Waals surface area contributed by atoms with Crippen LogP contribution in [0.1, 0.15) is 31.4 Å². The first-order valence-electron chi connectivity index (χ1n) is 6.69. The van der Waals surface area contributed by atoms with E-state index in [2.05, 4.69) is 10.4 Å². The second-order valence-corrected chi connectivity index (χ2v) is 5.46. The fraction of sp³-hybridized carbons (Fsp3) is 0.267. The Labute approximate surface area is 129 Å². The van der Waals surface area contributed by atoms with E-state index in [4.69, 9.17) is 18.0 Å². The number of carbonyl (C=O) groups excluding carboxylic acids is 1. The van der Waals surface area contributed by atoms with Crippen molar-refractivity contribution in [1.29, 1.82) is 0 Å². The zero-order valence-corrected chi connectivity index (χ0v) is 12.8. The summed E-state index contributed by atoms with van der Waals surface area (Å²) in [6.07, 6.45) is 1.65. The minimum Gasteiger partial charge on any atom is -0.392 e. The maximum absolute atomic E-state index is 12.5. The van der Waals surface area contributed by atoms with E-state index in [9.17, 15) is 4.79 Å². The fourth-order valence-electron chi connectivity index (χ4n) is 2.11. The van der Waals surface area contributed by atoms with Gasteiger partial charge >= 0.3 is 0 Å². The second kappa shape index (κ2) is 6.49. The Morgan fingerprint density at radius 1 is 1.29 bits per heavy atom. The molecule has 2 rings (SSSR count). The number of hydrogen-bond acceptors (Lipinski definition) is 3. The molecule has 0 aliphatic carbocycles. The SMILES string of the molecule is CC(C)n1nccc1NC(=O)C(C(N)=S)c1ccccc1. The highest BCUT2D eigenvalue weighted by molar-refractivity contribution is 7.80. The smallest absolute Gasteiger partial charge is 0.239 e. The number of nitrogens with two attached hydrogens (primary N) is 1. The quantitative estimate of drug-likeness (QED) is 0.832. The van der Waals surface area contributed by atoms with Crippen molar-refractivity contribution in [3.8, 4) is 0 Å². The van der Waals surface area contributed by atoms with E-state index in [1.54, 1.807) is 16.9 Å². The van der Waals surface area contributed by atoms with Crippen LogP contribution >= 0.6 is 12.2 Å². The fourth-order valence-corrected chi connectivity index (χ4v) is 2.36. The summed E-state index contributed by atoms with van der Waals surface area (Å²) in [5.41, 5.74) is 6.52. The highest BCUT2D eigenvalue weighted by Crippen LogP contribution is 2.20. The van der Waals surface area contributed by atoms with Gasteiger partial charge < -0.3 is 11.1 Å². The molecule has 1 heterocycles. The van der Waals surface area contributed by atoms with E-state index in [1.807, 2.05) is 44.2 Å². The molecule has 0 saturated carbocycles. The molecule has 1 unspecified atom stereocenters. The number of carbonyl (C=O) groups is 1. The summed E-state index contributed by atoms with van der Waals surface area (Å²) in [6.45, 7) is 3.98. The third kappa shape index (κ3) is 3.46. The maximum Gasteiger partial charge on any atom is 0.239 e. The van der Waals surface area contributed by atoms with Crippen LogP contribution in [-0.4, -0.2) is 20.7 Å². The van der Waals surface area contributed by atoms with Crippen molar-refractivity contribution in [3.63, 3.8) is 0 Å². The highest BCUT2D eigenvalue weighted by Gasteiger charge is 2.24. The van der Waals surface area contributed by atoms with E-state index in [0.717, 1.165) is 5.56 Å². The normalized spacial score (nSPS) is 12.1. The van der Waals surface area contributed by atoms with Gasteiger partial charge in [-0.05, 0) is 19.4 Å². The third-order valence-electron chi connectivity index (χ3n) is 3.09. The summed E-state index contributed by atoms with van der Waals surface area (Å²) >= 11 is 5.05. The molecule has 110 valence electrons. The van der Waals surface area contributed by atoms with Gasteiger partial charge in [0.05, 0.1) is 11.2 Å². The monoisotopic (exact) mass is 302 g/mol. The Morgan fingerprint density at radius 2 is 1.95 bits per heavy atom. The van der Waals surface area contributed by atoms with Gasteiger partial charge in [0.15, 0.2) is 0 Å². The van der Waals surface area contributed by atoms with Crippen molar-refractivity contribution in [1.82, 2.24) is 9.78 Å². The van der Waals surface area contributed by atoms with Gasteiger partial charge in [0.25, 0.3) is 0 Å². The van der Waals surface area contributed by atoms with Crippen molar-refractivity contribution in [2.24, 2.45) is 5.73 Å². The molecule has 0 radical (unpaired) electrons. The lowest BCUT2D eigenvalue weighted by Gasteiger charge is -2.17. The molecule has 0 fully saturated rings. The molecule has 0 aliphatic rings. The molecule has 1 amide bonds. The zero-order valence-electron chi connectivity index (χ0n) is 12.0. The Kier molecular flexibility index (Phi) is 4.70. The molecule has 5 nitrogen and oxygen atoms in total. The molecule has 6 heteroatoms. The Balaban J connectivity index is 2.24. The lowest BCUT2D eigenvalue weighted by molar-refractivity contribution is -0.116. The number of rotatable bonds is 5. The van der Waals surface area contributed by atoms with Crippen LogP contribution in [-0.2, 0) is 4.79 Å². The molecule has 1 atom stereocenters. The summed E-state index contributed by atoms with van der Waals surface area (Å²) < 4.78 is 1.74. The first-order chi connectivity index (χ1) is 10.0. The summed E-state index contributed by atoms with van der Waals surface area (Å²) in [5, 5.41) is 7.03. The van der Waals surface area contributed by atoms with Crippen molar-refractivity contribution in [3.05, 3.63) is 48.2 Å². The predicted octanol–water partition coefficient (Wildman–Crippen LogP) is 2.47. The second-order valence-electron chi connectivity index (χ2n) is 4.99. The van der Waals surface area contributed by atoms with Crippen LogP contribution in [0, 0.1) is 0 Å². The Hall–Kier alpha value is -2.21. The number of nitrogens with one attached hydrogen (secondary N) is 1. The Morgan fingerprint density at radius 3 is 2.52 bits per heavy atom.